The van der Waals surface area contributed by atoms with Crippen molar-refractivity contribution in [2.75, 3.05) is 5.32 Å². The number of anilines is 1. The third-order valence-electron chi connectivity index (χ3n) is 6.25. The third kappa shape index (κ3) is 3.41. The average molecular weight is 464 g/mol. The fraction of sp³-hybridized carbons (Fsp3) is 0.391. The molecular weight excluding hydrogens is 440 g/mol. The zero-order chi connectivity index (χ0) is 22.7. The highest BCUT2D eigenvalue weighted by Gasteiger charge is 2.66. The van der Waals surface area contributed by atoms with Crippen molar-refractivity contribution in [3.05, 3.63) is 63.4 Å². The Morgan fingerprint density at radius 2 is 1.94 bits per heavy atom. The molecule has 4 N–H and O–H groups in total. The number of rotatable bonds is 3. The van der Waals surface area contributed by atoms with E-state index in [2.05, 4.69) is 10.6 Å². The van der Waals surface area contributed by atoms with Gasteiger partial charge in [0.15, 0.2) is 0 Å². The summed E-state index contributed by atoms with van der Waals surface area (Å²) in [5, 5.41) is 6.58. The Hall–Kier alpha value is -2.15. The van der Waals surface area contributed by atoms with Gasteiger partial charge in [-0.2, -0.15) is 0 Å². The van der Waals surface area contributed by atoms with E-state index in [1.165, 1.54) is 6.07 Å². The highest BCUT2D eigenvalue weighted by atomic mass is 35.5. The first-order valence-electron chi connectivity index (χ1n) is 10.1. The van der Waals surface area contributed by atoms with Crippen LogP contribution in [0.15, 0.2) is 36.4 Å². The molecule has 0 unspecified atom stereocenters. The second kappa shape index (κ2) is 7.47. The fourth-order valence-electron chi connectivity index (χ4n) is 5.17. The standard InChI is InChI=1S/C23H24Cl2FN3O2/c1-22(2,3)10-16-23(13-8-7-11(24)9-15(13)28-21(23)31)17(19(29-16)20(27)30)12-5-4-6-14(25)18(12)26/h4-9,16-17,19,29H,10H2,1-3H3,(H2,27,30)(H,28,31)/t16-,17-,19-,23-/m1/s1. The fourth-order valence-corrected chi connectivity index (χ4v) is 5.53. The molecule has 2 aromatic carbocycles. The molecule has 2 aliphatic heterocycles. The molecule has 1 fully saturated rings. The summed E-state index contributed by atoms with van der Waals surface area (Å²) in [6.45, 7) is 6.14. The van der Waals surface area contributed by atoms with E-state index in [-0.39, 0.29) is 21.9 Å². The Balaban J connectivity index is 2.04. The van der Waals surface area contributed by atoms with E-state index in [1.54, 1.807) is 30.3 Å². The van der Waals surface area contributed by atoms with Crippen LogP contribution in [0.5, 0.6) is 0 Å². The number of amides is 2. The molecule has 0 bridgehead atoms. The van der Waals surface area contributed by atoms with Crippen LogP contribution < -0.4 is 16.4 Å². The normalized spacial score (nSPS) is 27.4. The molecule has 1 saturated heterocycles. The van der Waals surface area contributed by atoms with Crippen molar-refractivity contribution in [2.24, 2.45) is 11.1 Å². The first-order valence-corrected chi connectivity index (χ1v) is 10.8. The van der Waals surface area contributed by atoms with Crippen molar-refractivity contribution < 1.29 is 14.0 Å². The van der Waals surface area contributed by atoms with E-state index in [0.717, 1.165) is 0 Å². The number of nitrogens with two attached hydrogens (primary N) is 1. The Labute approximate surface area is 190 Å². The maximum Gasteiger partial charge on any atom is 0.237 e. The van der Waals surface area contributed by atoms with E-state index in [0.29, 0.717) is 22.7 Å². The lowest BCUT2D eigenvalue weighted by Gasteiger charge is -2.37. The summed E-state index contributed by atoms with van der Waals surface area (Å²) < 4.78 is 15.3. The molecule has 0 radical (unpaired) electrons. The van der Waals surface area contributed by atoms with Crippen LogP contribution in [0.25, 0.3) is 0 Å². The topological polar surface area (TPSA) is 84.2 Å². The summed E-state index contributed by atoms with van der Waals surface area (Å²) in [6, 6.07) is 8.30. The minimum atomic E-state index is -1.27. The number of halogens is 3. The monoisotopic (exact) mass is 463 g/mol. The van der Waals surface area contributed by atoms with Gasteiger partial charge in [0.05, 0.1) is 11.1 Å². The Kier molecular flexibility index (Phi) is 5.31. The lowest BCUT2D eigenvalue weighted by molar-refractivity contribution is -0.122. The van der Waals surface area contributed by atoms with Crippen LogP contribution in [0.3, 0.4) is 0 Å². The molecule has 8 heteroatoms. The number of nitrogens with one attached hydrogen (secondary N) is 2. The van der Waals surface area contributed by atoms with Crippen LogP contribution >= 0.6 is 23.2 Å². The van der Waals surface area contributed by atoms with Gasteiger partial charge in [0.2, 0.25) is 11.8 Å². The number of hydrogen-bond acceptors (Lipinski definition) is 3. The summed E-state index contributed by atoms with van der Waals surface area (Å²) >= 11 is 12.3. The van der Waals surface area contributed by atoms with Gasteiger partial charge in [-0.1, -0.05) is 62.2 Å². The Morgan fingerprint density at radius 1 is 1.23 bits per heavy atom. The molecule has 2 aliphatic rings. The predicted octanol–water partition coefficient (Wildman–Crippen LogP) is 4.37. The van der Waals surface area contributed by atoms with E-state index in [1.807, 2.05) is 20.8 Å². The van der Waals surface area contributed by atoms with Crippen LogP contribution in [0.4, 0.5) is 10.1 Å². The van der Waals surface area contributed by atoms with Crippen molar-refractivity contribution in [3.8, 4) is 0 Å². The highest BCUT2D eigenvalue weighted by Crippen LogP contribution is 2.57. The smallest absolute Gasteiger partial charge is 0.237 e. The van der Waals surface area contributed by atoms with Gasteiger partial charge in [-0.3, -0.25) is 9.59 Å². The van der Waals surface area contributed by atoms with Gasteiger partial charge in [0.25, 0.3) is 0 Å². The van der Waals surface area contributed by atoms with E-state index < -0.39 is 35.1 Å². The minimum Gasteiger partial charge on any atom is -0.368 e. The zero-order valence-corrected chi connectivity index (χ0v) is 18.9. The van der Waals surface area contributed by atoms with E-state index in [4.69, 9.17) is 28.9 Å². The largest absolute Gasteiger partial charge is 0.368 e. The minimum absolute atomic E-state index is 0.0788. The predicted molar refractivity (Wildman–Crippen MR) is 120 cm³/mol. The lowest BCUT2D eigenvalue weighted by atomic mass is 9.62. The average Bonchev–Trinajstić information content (AvgIpc) is 3.12. The van der Waals surface area contributed by atoms with Crippen LogP contribution in [-0.4, -0.2) is 23.9 Å². The summed E-state index contributed by atoms with van der Waals surface area (Å²) in [7, 11) is 0. The molecule has 0 saturated carbocycles. The summed E-state index contributed by atoms with van der Waals surface area (Å²) in [5.74, 6) is -2.53. The third-order valence-corrected chi connectivity index (χ3v) is 6.77. The number of fused-ring (bicyclic) bond motifs is 2. The maximum atomic E-state index is 15.3. The number of carbonyl (C=O) groups excluding carboxylic acids is 2. The van der Waals surface area contributed by atoms with Gasteiger partial charge in [0, 0.05) is 22.7 Å². The molecule has 2 amide bonds. The molecule has 2 aromatic rings. The summed E-state index contributed by atoms with van der Waals surface area (Å²) in [5.41, 5.74) is 5.71. The summed E-state index contributed by atoms with van der Waals surface area (Å²) in [6.07, 6.45) is 0.547. The molecule has 4 rings (SSSR count). The van der Waals surface area contributed by atoms with Crippen LogP contribution in [0.1, 0.15) is 44.2 Å². The molecule has 0 aliphatic carbocycles. The van der Waals surface area contributed by atoms with Crippen LogP contribution in [-0.2, 0) is 15.0 Å². The van der Waals surface area contributed by atoms with E-state index in [9.17, 15) is 9.59 Å². The lowest BCUT2D eigenvalue weighted by Crippen LogP contribution is -2.49. The molecular formula is C23H24Cl2FN3O2. The van der Waals surface area contributed by atoms with Crippen molar-refractivity contribution in [3.63, 3.8) is 0 Å². The van der Waals surface area contributed by atoms with Gasteiger partial charge in [-0.15, -0.1) is 0 Å². The Bertz CT molecular complexity index is 1080. The molecule has 2 heterocycles. The van der Waals surface area contributed by atoms with Gasteiger partial charge in [-0.25, -0.2) is 4.39 Å². The molecule has 1 spiro atoms. The molecule has 31 heavy (non-hydrogen) atoms. The van der Waals surface area contributed by atoms with E-state index >= 15 is 4.39 Å². The zero-order valence-electron chi connectivity index (χ0n) is 17.4. The van der Waals surface area contributed by atoms with Gasteiger partial charge >= 0.3 is 0 Å². The SMILES string of the molecule is CC(C)(C)C[C@H]1N[C@@H](C(N)=O)[C@@H](c2cccc(Cl)c2F)[C@]12C(=O)Nc1cc(Cl)ccc12. The first kappa shape index (κ1) is 22.1. The molecule has 4 atom stereocenters. The quantitative estimate of drug-likeness (QED) is 0.631. The van der Waals surface area contributed by atoms with Crippen LogP contribution in [0, 0.1) is 11.2 Å². The van der Waals surface area contributed by atoms with Crippen molar-refractivity contribution in [1.82, 2.24) is 5.32 Å². The first-order chi connectivity index (χ1) is 14.5. The summed E-state index contributed by atoms with van der Waals surface area (Å²) in [4.78, 5) is 26.3. The second-order valence-corrected chi connectivity index (χ2v) is 10.3. The van der Waals surface area contributed by atoms with Gasteiger partial charge < -0.3 is 16.4 Å². The highest BCUT2D eigenvalue weighted by molar-refractivity contribution is 6.31. The van der Waals surface area contributed by atoms with Gasteiger partial charge in [0.1, 0.15) is 11.2 Å². The van der Waals surface area contributed by atoms with Crippen molar-refractivity contribution >= 4 is 40.7 Å². The van der Waals surface area contributed by atoms with Crippen molar-refractivity contribution in [2.45, 2.75) is 50.6 Å². The molecule has 5 nitrogen and oxygen atoms in total. The number of benzene rings is 2. The molecule has 164 valence electrons. The second-order valence-electron chi connectivity index (χ2n) is 9.50. The van der Waals surface area contributed by atoms with Gasteiger partial charge in [-0.05, 0) is 41.2 Å². The molecule has 0 aromatic heterocycles. The maximum absolute atomic E-state index is 15.3. The number of primary amides is 1. The van der Waals surface area contributed by atoms with Crippen LogP contribution in [0.2, 0.25) is 10.0 Å². The van der Waals surface area contributed by atoms with Crippen molar-refractivity contribution in [1.29, 1.82) is 0 Å². The number of hydrogen-bond donors (Lipinski definition) is 3. The number of carbonyl (C=O) groups is 2. The Morgan fingerprint density at radius 3 is 2.58 bits per heavy atom.